The first-order chi connectivity index (χ1) is 13.0. The SMILES string of the molecule is CCNC(=NCc1ccc(Cl)cc1)NCCCS(=O)(=O)Cc1ccccc1.I. The molecule has 0 bridgehead atoms. The number of nitrogens with zero attached hydrogens (tertiary/aromatic N) is 1. The Balaban J connectivity index is 0.00000392. The normalized spacial score (nSPS) is 11.6. The van der Waals surface area contributed by atoms with Gasteiger partial charge in [0.1, 0.15) is 0 Å². The summed E-state index contributed by atoms with van der Waals surface area (Å²) >= 11 is 5.89. The maximum atomic E-state index is 12.2. The molecule has 2 rings (SSSR count). The van der Waals surface area contributed by atoms with Crippen molar-refractivity contribution < 1.29 is 8.42 Å². The van der Waals surface area contributed by atoms with Crippen LogP contribution in [0.2, 0.25) is 5.02 Å². The van der Waals surface area contributed by atoms with Crippen LogP contribution in [0.1, 0.15) is 24.5 Å². The Morgan fingerprint density at radius 3 is 2.32 bits per heavy atom. The number of benzene rings is 2. The molecule has 0 fully saturated rings. The van der Waals surface area contributed by atoms with Crippen LogP contribution in [0.25, 0.3) is 0 Å². The van der Waals surface area contributed by atoms with Crippen LogP contribution in [0.4, 0.5) is 0 Å². The minimum absolute atomic E-state index is 0. The molecule has 5 nitrogen and oxygen atoms in total. The third kappa shape index (κ3) is 9.75. The largest absolute Gasteiger partial charge is 0.357 e. The molecule has 2 N–H and O–H groups in total. The Hall–Kier alpha value is -1.32. The van der Waals surface area contributed by atoms with Gasteiger partial charge in [-0.2, -0.15) is 0 Å². The molecule has 0 amide bonds. The summed E-state index contributed by atoms with van der Waals surface area (Å²) in [5.74, 6) is 0.900. The van der Waals surface area contributed by atoms with Gasteiger partial charge in [-0.15, -0.1) is 24.0 Å². The summed E-state index contributed by atoms with van der Waals surface area (Å²) in [7, 11) is -3.12. The topological polar surface area (TPSA) is 70.6 Å². The number of aliphatic imine (C=N–C) groups is 1. The highest BCUT2D eigenvalue weighted by Crippen LogP contribution is 2.10. The van der Waals surface area contributed by atoms with Crippen molar-refractivity contribution in [1.29, 1.82) is 0 Å². The summed E-state index contributed by atoms with van der Waals surface area (Å²) in [6, 6.07) is 16.8. The fourth-order valence-corrected chi connectivity index (χ4v) is 4.06. The zero-order valence-electron chi connectivity index (χ0n) is 15.9. The zero-order valence-corrected chi connectivity index (χ0v) is 19.8. The van der Waals surface area contributed by atoms with Crippen molar-refractivity contribution in [3.8, 4) is 0 Å². The second-order valence-electron chi connectivity index (χ2n) is 6.18. The molecule has 0 aliphatic heterocycles. The molecule has 2 aromatic carbocycles. The molecule has 8 heteroatoms. The minimum atomic E-state index is -3.12. The van der Waals surface area contributed by atoms with Gasteiger partial charge in [-0.3, -0.25) is 0 Å². The van der Waals surface area contributed by atoms with Crippen molar-refractivity contribution >= 4 is 51.4 Å². The molecule has 28 heavy (non-hydrogen) atoms. The van der Waals surface area contributed by atoms with E-state index in [1.54, 1.807) is 0 Å². The van der Waals surface area contributed by atoms with Crippen LogP contribution in [-0.4, -0.2) is 33.2 Å². The van der Waals surface area contributed by atoms with Crippen LogP contribution in [0.3, 0.4) is 0 Å². The van der Waals surface area contributed by atoms with Gasteiger partial charge in [0.25, 0.3) is 0 Å². The van der Waals surface area contributed by atoms with Crippen molar-refractivity contribution in [2.75, 3.05) is 18.8 Å². The molecule has 0 atom stereocenters. The van der Waals surface area contributed by atoms with Gasteiger partial charge in [-0.05, 0) is 36.6 Å². The molecule has 0 unspecified atom stereocenters. The lowest BCUT2D eigenvalue weighted by Gasteiger charge is -2.11. The van der Waals surface area contributed by atoms with Crippen molar-refractivity contribution in [3.63, 3.8) is 0 Å². The summed E-state index contributed by atoms with van der Waals surface area (Å²) in [4.78, 5) is 4.52. The molecule has 2 aromatic rings. The summed E-state index contributed by atoms with van der Waals surface area (Å²) in [6.07, 6.45) is 0.528. The quantitative estimate of drug-likeness (QED) is 0.220. The minimum Gasteiger partial charge on any atom is -0.357 e. The van der Waals surface area contributed by atoms with Gasteiger partial charge >= 0.3 is 0 Å². The number of hydrogen-bond acceptors (Lipinski definition) is 3. The first-order valence-electron chi connectivity index (χ1n) is 8.99. The fraction of sp³-hybridized carbons (Fsp3) is 0.350. The second-order valence-corrected chi connectivity index (χ2v) is 8.80. The number of halogens is 2. The molecule has 0 aliphatic carbocycles. The van der Waals surface area contributed by atoms with Crippen molar-refractivity contribution in [1.82, 2.24) is 10.6 Å². The van der Waals surface area contributed by atoms with Crippen molar-refractivity contribution in [2.45, 2.75) is 25.6 Å². The number of hydrogen-bond donors (Lipinski definition) is 2. The van der Waals surface area contributed by atoms with Gasteiger partial charge in [-0.1, -0.05) is 54.1 Å². The van der Waals surface area contributed by atoms with Gasteiger partial charge in [0.2, 0.25) is 0 Å². The molecular formula is C20H27ClIN3O2S. The first-order valence-corrected chi connectivity index (χ1v) is 11.2. The smallest absolute Gasteiger partial charge is 0.191 e. The lowest BCUT2D eigenvalue weighted by atomic mass is 10.2. The third-order valence-corrected chi connectivity index (χ3v) is 5.77. The van der Waals surface area contributed by atoms with E-state index in [4.69, 9.17) is 11.6 Å². The van der Waals surface area contributed by atoms with Crippen LogP contribution in [0, 0.1) is 0 Å². The maximum absolute atomic E-state index is 12.2. The van der Waals surface area contributed by atoms with Gasteiger partial charge in [-0.25, -0.2) is 13.4 Å². The van der Waals surface area contributed by atoms with Crippen LogP contribution < -0.4 is 10.6 Å². The zero-order chi connectivity index (χ0) is 19.5. The second kappa shape index (κ2) is 13.0. The van der Waals surface area contributed by atoms with Crippen LogP contribution in [0.15, 0.2) is 59.6 Å². The van der Waals surface area contributed by atoms with Crippen molar-refractivity contribution in [3.05, 3.63) is 70.7 Å². The Kier molecular flexibility index (Phi) is 11.5. The third-order valence-electron chi connectivity index (χ3n) is 3.83. The Morgan fingerprint density at radius 2 is 1.68 bits per heavy atom. The number of sulfone groups is 1. The highest BCUT2D eigenvalue weighted by Gasteiger charge is 2.11. The number of guanidine groups is 1. The Morgan fingerprint density at radius 1 is 1.00 bits per heavy atom. The number of rotatable bonds is 9. The standard InChI is InChI=1S/C20H26ClN3O2S.HI/c1-2-22-20(24-15-17-9-11-19(21)12-10-17)23-13-6-14-27(25,26)16-18-7-4-3-5-8-18;/h3-5,7-12H,2,6,13-16H2,1H3,(H2,22,23,24);1H. The van der Waals surface area contributed by atoms with E-state index in [-0.39, 0.29) is 35.5 Å². The van der Waals surface area contributed by atoms with Gasteiger partial charge in [0.15, 0.2) is 15.8 Å². The Bertz CT molecular complexity index is 828. The predicted molar refractivity (Wildman–Crippen MR) is 128 cm³/mol. The molecular weight excluding hydrogens is 509 g/mol. The van der Waals surface area contributed by atoms with Crippen LogP contribution in [0.5, 0.6) is 0 Å². The maximum Gasteiger partial charge on any atom is 0.191 e. The van der Waals surface area contributed by atoms with E-state index in [0.29, 0.717) is 30.5 Å². The van der Waals surface area contributed by atoms with Crippen LogP contribution >= 0.6 is 35.6 Å². The van der Waals surface area contributed by atoms with Gasteiger partial charge < -0.3 is 10.6 Å². The molecule has 0 spiro atoms. The van der Waals surface area contributed by atoms with Crippen LogP contribution in [-0.2, 0) is 22.1 Å². The fourth-order valence-electron chi connectivity index (χ4n) is 2.50. The van der Waals surface area contributed by atoms with E-state index in [1.165, 1.54) is 0 Å². The highest BCUT2D eigenvalue weighted by atomic mass is 127. The Labute approximate surface area is 189 Å². The lowest BCUT2D eigenvalue weighted by Crippen LogP contribution is -2.38. The molecule has 0 aromatic heterocycles. The first kappa shape index (κ1) is 24.7. The van der Waals surface area contributed by atoms with E-state index in [1.807, 2.05) is 61.5 Å². The van der Waals surface area contributed by atoms with Gasteiger partial charge in [0.05, 0.1) is 18.1 Å². The number of nitrogens with one attached hydrogen (secondary N) is 2. The van der Waals surface area contributed by atoms with E-state index in [0.717, 1.165) is 17.7 Å². The van der Waals surface area contributed by atoms with E-state index in [2.05, 4.69) is 15.6 Å². The monoisotopic (exact) mass is 535 g/mol. The average Bonchev–Trinajstić information content (AvgIpc) is 2.65. The predicted octanol–water partition coefficient (Wildman–Crippen LogP) is 4.02. The molecule has 0 heterocycles. The molecule has 0 saturated carbocycles. The average molecular weight is 536 g/mol. The molecule has 154 valence electrons. The van der Waals surface area contributed by atoms with E-state index >= 15 is 0 Å². The molecule has 0 aliphatic rings. The lowest BCUT2D eigenvalue weighted by molar-refractivity contribution is 0.591. The molecule has 0 saturated heterocycles. The summed E-state index contributed by atoms with van der Waals surface area (Å²) in [5.41, 5.74) is 1.88. The van der Waals surface area contributed by atoms with Gasteiger partial charge in [0, 0.05) is 18.1 Å². The summed E-state index contributed by atoms with van der Waals surface area (Å²) < 4.78 is 24.4. The summed E-state index contributed by atoms with van der Waals surface area (Å²) in [6.45, 7) is 3.79. The van der Waals surface area contributed by atoms with E-state index in [9.17, 15) is 8.42 Å². The highest BCUT2D eigenvalue weighted by molar-refractivity contribution is 14.0. The molecule has 0 radical (unpaired) electrons. The summed E-state index contributed by atoms with van der Waals surface area (Å²) in [5, 5.41) is 7.05. The van der Waals surface area contributed by atoms with E-state index < -0.39 is 9.84 Å². The van der Waals surface area contributed by atoms with Crippen molar-refractivity contribution in [2.24, 2.45) is 4.99 Å².